The van der Waals surface area contributed by atoms with E-state index in [-0.39, 0.29) is 5.78 Å². The molecule has 0 aliphatic heterocycles. The Labute approximate surface area is 102 Å². The summed E-state index contributed by atoms with van der Waals surface area (Å²) in [5, 5.41) is 0. The van der Waals surface area contributed by atoms with E-state index in [9.17, 15) is 4.79 Å². The number of carbonyl (C=O) groups is 1. The molecule has 2 aromatic rings. The van der Waals surface area contributed by atoms with Gasteiger partial charge >= 0.3 is 0 Å². The van der Waals surface area contributed by atoms with Gasteiger partial charge in [0.1, 0.15) is 0 Å². The molecule has 3 heteroatoms. The minimum Gasteiger partial charge on any atom is -0.289 e. The second kappa shape index (κ2) is 4.58. The van der Waals surface area contributed by atoms with Crippen LogP contribution in [0.5, 0.6) is 0 Å². The quantitative estimate of drug-likeness (QED) is 0.787. The smallest absolute Gasteiger partial charge is 0.194 e. The molecule has 0 radical (unpaired) electrons. The average Bonchev–Trinajstić information content (AvgIpc) is 2.28. The number of hydrogen-bond acceptors (Lipinski definition) is 2. The zero-order valence-corrected chi connectivity index (χ0v) is 10.4. The van der Waals surface area contributed by atoms with Crippen molar-refractivity contribution in [1.82, 2.24) is 4.98 Å². The van der Waals surface area contributed by atoms with E-state index < -0.39 is 0 Å². The van der Waals surface area contributed by atoms with Crippen LogP contribution in [0.2, 0.25) is 0 Å². The van der Waals surface area contributed by atoms with Crippen LogP contribution in [0.1, 0.15) is 21.5 Å². The number of pyridine rings is 1. The summed E-state index contributed by atoms with van der Waals surface area (Å²) in [7, 11) is 0. The van der Waals surface area contributed by atoms with E-state index in [1.54, 1.807) is 24.5 Å². The van der Waals surface area contributed by atoms with Crippen molar-refractivity contribution in [2.45, 2.75) is 6.92 Å². The third-order valence-corrected chi connectivity index (χ3v) is 2.69. The molecule has 1 aromatic heterocycles. The third kappa shape index (κ3) is 2.36. The van der Waals surface area contributed by atoms with Crippen LogP contribution in [0.3, 0.4) is 0 Å². The van der Waals surface area contributed by atoms with Gasteiger partial charge in [0.25, 0.3) is 0 Å². The Morgan fingerprint density at radius 2 is 2.06 bits per heavy atom. The van der Waals surface area contributed by atoms with Crippen LogP contribution in [0.25, 0.3) is 0 Å². The largest absolute Gasteiger partial charge is 0.289 e. The molecule has 0 fully saturated rings. The molecule has 16 heavy (non-hydrogen) atoms. The normalized spacial score (nSPS) is 10.1. The van der Waals surface area contributed by atoms with Crippen molar-refractivity contribution in [1.29, 1.82) is 0 Å². The van der Waals surface area contributed by atoms with Crippen LogP contribution < -0.4 is 0 Å². The topological polar surface area (TPSA) is 30.0 Å². The fourth-order valence-corrected chi connectivity index (χ4v) is 2.14. The molecule has 0 saturated heterocycles. The number of carbonyl (C=O) groups excluding carboxylic acids is 1. The molecule has 0 N–H and O–H groups in total. The fourth-order valence-electron chi connectivity index (χ4n) is 1.53. The van der Waals surface area contributed by atoms with Gasteiger partial charge < -0.3 is 0 Å². The van der Waals surface area contributed by atoms with Gasteiger partial charge in [-0.1, -0.05) is 15.9 Å². The Kier molecular flexibility index (Phi) is 3.15. The summed E-state index contributed by atoms with van der Waals surface area (Å²) in [5.74, 6) is -0.00231. The van der Waals surface area contributed by atoms with Crippen LogP contribution in [-0.2, 0) is 0 Å². The Morgan fingerprint density at radius 1 is 1.25 bits per heavy atom. The summed E-state index contributed by atoms with van der Waals surface area (Å²) in [6.07, 6.45) is 3.24. The summed E-state index contributed by atoms with van der Waals surface area (Å²) in [5.41, 5.74) is 2.35. The van der Waals surface area contributed by atoms with Gasteiger partial charge in [0.05, 0.1) is 0 Å². The van der Waals surface area contributed by atoms with Gasteiger partial charge in [0.15, 0.2) is 5.78 Å². The SMILES string of the molecule is Cc1cc(Br)cc(C(=O)c2cccnc2)c1. The summed E-state index contributed by atoms with van der Waals surface area (Å²) in [6.45, 7) is 1.96. The lowest BCUT2D eigenvalue weighted by Crippen LogP contribution is -2.01. The lowest BCUT2D eigenvalue weighted by molar-refractivity contribution is 0.103. The van der Waals surface area contributed by atoms with Crippen molar-refractivity contribution in [2.24, 2.45) is 0 Å². The summed E-state index contributed by atoms with van der Waals surface area (Å²) in [6, 6.07) is 9.20. The van der Waals surface area contributed by atoms with Gasteiger partial charge in [-0.2, -0.15) is 0 Å². The second-order valence-corrected chi connectivity index (χ2v) is 4.50. The van der Waals surface area contributed by atoms with Gasteiger partial charge in [-0.25, -0.2) is 0 Å². The Morgan fingerprint density at radius 3 is 2.69 bits per heavy atom. The maximum absolute atomic E-state index is 12.1. The van der Waals surface area contributed by atoms with E-state index in [0.717, 1.165) is 10.0 Å². The van der Waals surface area contributed by atoms with E-state index in [1.807, 2.05) is 25.1 Å². The van der Waals surface area contributed by atoms with Gasteiger partial charge in [-0.05, 0) is 42.8 Å². The number of rotatable bonds is 2. The number of nitrogens with zero attached hydrogens (tertiary/aromatic N) is 1. The number of benzene rings is 1. The van der Waals surface area contributed by atoms with Crippen molar-refractivity contribution >= 4 is 21.7 Å². The molecule has 0 spiro atoms. The zero-order chi connectivity index (χ0) is 11.5. The highest BCUT2D eigenvalue weighted by Crippen LogP contribution is 2.17. The number of hydrogen-bond donors (Lipinski definition) is 0. The zero-order valence-electron chi connectivity index (χ0n) is 8.77. The summed E-state index contributed by atoms with van der Waals surface area (Å²) < 4.78 is 0.916. The van der Waals surface area contributed by atoms with Crippen molar-refractivity contribution in [3.8, 4) is 0 Å². The fraction of sp³-hybridized carbons (Fsp3) is 0.0769. The lowest BCUT2D eigenvalue weighted by Gasteiger charge is -2.03. The second-order valence-electron chi connectivity index (χ2n) is 3.59. The average molecular weight is 276 g/mol. The van der Waals surface area contributed by atoms with Crippen LogP contribution in [0.15, 0.2) is 47.2 Å². The summed E-state index contributed by atoms with van der Waals surface area (Å²) in [4.78, 5) is 16.0. The van der Waals surface area contributed by atoms with Gasteiger partial charge in [-0.3, -0.25) is 9.78 Å². The predicted molar refractivity (Wildman–Crippen MR) is 66.5 cm³/mol. The Bertz CT molecular complexity index is 502. The first-order valence-electron chi connectivity index (χ1n) is 4.89. The lowest BCUT2D eigenvalue weighted by atomic mass is 10.0. The minimum atomic E-state index is -0.00231. The van der Waals surface area contributed by atoms with Gasteiger partial charge in [0, 0.05) is 28.0 Å². The molecule has 0 amide bonds. The molecule has 0 saturated carbocycles. The molecule has 2 rings (SSSR count). The van der Waals surface area contributed by atoms with Gasteiger partial charge in [-0.15, -0.1) is 0 Å². The van der Waals surface area contributed by atoms with E-state index in [2.05, 4.69) is 20.9 Å². The van der Waals surface area contributed by atoms with Crippen molar-refractivity contribution in [3.05, 3.63) is 63.9 Å². The maximum atomic E-state index is 12.1. The molecule has 1 heterocycles. The van der Waals surface area contributed by atoms with Gasteiger partial charge in [0.2, 0.25) is 0 Å². The Hall–Kier alpha value is -1.48. The standard InChI is InChI=1S/C13H10BrNO/c1-9-5-11(7-12(14)6-9)13(16)10-3-2-4-15-8-10/h2-8H,1H3. The molecule has 0 aliphatic carbocycles. The van der Waals surface area contributed by atoms with Crippen LogP contribution >= 0.6 is 15.9 Å². The maximum Gasteiger partial charge on any atom is 0.194 e. The van der Waals surface area contributed by atoms with E-state index in [4.69, 9.17) is 0 Å². The number of halogens is 1. The molecule has 0 unspecified atom stereocenters. The van der Waals surface area contributed by atoms with E-state index in [1.165, 1.54) is 0 Å². The van der Waals surface area contributed by atoms with Crippen molar-refractivity contribution in [3.63, 3.8) is 0 Å². The molecule has 0 bridgehead atoms. The highest BCUT2D eigenvalue weighted by Gasteiger charge is 2.09. The first kappa shape index (κ1) is 11.0. The molecule has 2 nitrogen and oxygen atoms in total. The molecule has 0 atom stereocenters. The first-order chi connectivity index (χ1) is 7.66. The van der Waals surface area contributed by atoms with Crippen LogP contribution in [0, 0.1) is 6.92 Å². The molecular weight excluding hydrogens is 266 g/mol. The Balaban J connectivity index is 2.42. The molecule has 0 aliphatic rings. The van der Waals surface area contributed by atoms with Crippen LogP contribution in [-0.4, -0.2) is 10.8 Å². The van der Waals surface area contributed by atoms with Crippen molar-refractivity contribution < 1.29 is 4.79 Å². The first-order valence-corrected chi connectivity index (χ1v) is 5.68. The molecule has 1 aromatic carbocycles. The number of aromatic nitrogens is 1. The minimum absolute atomic E-state index is 0.00231. The monoisotopic (exact) mass is 275 g/mol. The third-order valence-electron chi connectivity index (χ3n) is 2.23. The van der Waals surface area contributed by atoms with E-state index in [0.29, 0.717) is 11.1 Å². The number of aryl methyl sites for hydroxylation is 1. The van der Waals surface area contributed by atoms with E-state index >= 15 is 0 Å². The highest BCUT2D eigenvalue weighted by atomic mass is 79.9. The summed E-state index contributed by atoms with van der Waals surface area (Å²) >= 11 is 3.39. The van der Waals surface area contributed by atoms with Crippen molar-refractivity contribution in [2.75, 3.05) is 0 Å². The molecule has 80 valence electrons. The number of ketones is 1. The molecular formula is C13H10BrNO. The van der Waals surface area contributed by atoms with Crippen LogP contribution in [0.4, 0.5) is 0 Å². The highest BCUT2D eigenvalue weighted by molar-refractivity contribution is 9.10. The predicted octanol–water partition coefficient (Wildman–Crippen LogP) is 3.38.